The first-order chi connectivity index (χ1) is 8.84. The monoisotopic (exact) mass is 286 g/mol. The third-order valence-corrected chi connectivity index (χ3v) is 3.72. The Morgan fingerprint density at radius 3 is 2.42 bits per heavy atom. The highest BCUT2D eigenvalue weighted by atomic mass is 31.2. The SMILES string of the molecule is CCC(C)OP(=O)(O)COc1ccc(C(C)=O)cc1. The number of Topliss-reactive ketones (excluding diaryl/α,β-unsaturated/α-hetero) is 1. The number of hydrogen-bond acceptors (Lipinski definition) is 4. The van der Waals surface area contributed by atoms with E-state index in [1.165, 1.54) is 6.92 Å². The molecule has 1 aromatic carbocycles. The van der Waals surface area contributed by atoms with Gasteiger partial charge in [0.05, 0.1) is 6.10 Å². The quantitative estimate of drug-likeness (QED) is 0.615. The number of carbonyl (C=O) groups excluding carboxylic acids is 1. The van der Waals surface area contributed by atoms with Gasteiger partial charge in [-0.05, 0) is 44.5 Å². The van der Waals surface area contributed by atoms with Crippen LogP contribution in [0.5, 0.6) is 5.75 Å². The van der Waals surface area contributed by atoms with Crippen LogP contribution in [0.15, 0.2) is 24.3 Å². The van der Waals surface area contributed by atoms with Gasteiger partial charge in [0, 0.05) is 5.56 Å². The Balaban J connectivity index is 2.56. The van der Waals surface area contributed by atoms with Crippen LogP contribution in [-0.4, -0.2) is 23.1 Å². The Morgan fingerprint density at radius 1 is 1.37 bits per heavy atom. The van der Waals surface area contributed by atoms with Crippen LogP contribution in [0.25, 0.3) is 0 Å². The first-order valence-electron chi connectivity index (χ1n) is 6.08. The molecule has 0 amide bonds. The molecule has 0 aliphatic heterocycles. The molecule has 2 atom stereocenters. The molecule has 6 heteroatoms. The molecule has 0 bridgehead atoms. The van der Waals surface area contributed by atoms with Gasteiger partial charge in [0.25, 0.3) is 0 Å². The molecule has 0 fully saturated rings. The lowest BCUT2D eigenvalue weighted by atomic mass is 10.1. The summed E-state index contributed by atoms with van der Waals surface area (Å²) in [6.45, 7) is 5.06. The molecule has 2 unspecified atom stereocenters. The predicted octanol–water partition coefficient (Wildman–Crippen LogP) is 3.23. The molecule has 0 spiro atoms. The summed E-state index contributed by atoms with van der Waals surface area (Å²) in [6, 6.07) is 6.38. The van der Waals surface area contributed by atoms with Gasteiger partial charge in [-0.3, -0.25) is 9.36 Å². The van der Waals surface area contributed by atoms with E-state index in [1.807, 2.05) is 6.92 Å². The maximum absolute atomic E-state index is 11.7. The zero-order valence-electron chi connectivity index (χ0n) is 11.3. The minimum absolute atomic E-state index is 0.0421. The average Bonchev–Trinajstić information content (AvgIpc) is 2.36. The molecular weight excluding hydrogens is 267 g/mol. The smallest absolute Gasteiger partial charge is 0.365 e. The van der Waals surface area contributed by atoms with E-state index >= 15 is 0 Å². The molecule has 106 valence electrons. The van der Waals surface area contributed by atoms with Crippen LogP contribution < -0.4 is 4.74 Å². The van der Waals surface area contributed by atoms with E-state index in [2.05, 4.69) is 0 Å². The molecule has 0 aliphatic carbocycles. The Morgan fingerprint density at radius 2 is 1.95 bits per heavy atom. The van der Waals surface area contributed by atoms with Crippen LogP contribution in [0.2, 0.25) is 0 Å². The van der Waals surface area contributed by atoms with Gasteiger partial charge in [-0.25, -0.2) is 0 Å². The molecule has 19 heavy (non-hydrogen) atoms. The fraction of sp³-hybridized carbons (Fsp3) is 0.462. The Kier molecular flexibility index (Phi) is 5.73. The summed E-state index contributed by atoms with van der Waals surface area (Å²) in [6.07, 6.45) is -0.0474. The lowest BCUT2D eigenvalue weighted by Crippen LogP contribution is -2.09. The van der Waals surface area contributed by atoms with E-state index in [1.54, 1.807) is 31.2 Å². The zero-order chi connectivity index (χ0) is 14.5. The summed E-state index contributed by atoms with van der Waals surface area (Å²) < 4.78 is 21.9. The molecule has 1 aromatic rings. The van der Waals surface area contributed by atoms with E-state index in [0.29, 0.717) is 17.7 Å². The van der Waals surface area contributed by atoms with Crippen LogP contribution in [-0.2, 0) is 9.09 Å². The normalized spacial score (nSPS) is 15.6. The summed E-state index contributed by atoms with van der Waals surface area (Å²) in [5.41, 5.74) is 0.565. The van der Waals surface area contributed by atoms with Crippen molar-refractivity contribution >= 4 is 13.4 Å². The van der Waals surface area contributed by atoms with E-state index < -0.39 is 13.9 Å². The van der Waals surface area contributed by atoms with E-state index in [9.17, 15) is 14.3 Å². The fourth-order valence-electron chi connectivity index (χ4n) is 1.33. The van der Waals surface area contributed by atoms with Crippen LogP contribution in [0.3, 0.4) is 0 Å². The molecule has 1 N–H and O–H groups in total. The standard InChI is InChI=1S/C13H19O5P/c1-4-10(2)18-19(15,16)9-17-13-7-5-12(6-8-13)11(3)14/h5-8,10H,4,9H2,1-3H3,(H,15,16). The molecule has 0 radical (unpaired) electrons. The van der Waals surface area contributed by atoms with Crippen LogP contribution in [0, 0.1) is 0 Å². The maximum atomic E-state index is 11.7. The Labute approximate surface area is 113 Å². The van der Waals surface area contributed by atoms with Crippen molar-refractivity contribution in [2.24, 2.45) is 0 Å². The minimum Gasteiger partial charge on any atom is -0.481 e. The fourth-order valence-corrected chi connectivity index (χ4v) is 2.41. The first kappa shape index (κ1) is 15.9. The maximum Gasteiger partial charge on any atom is 0.365 e. The van der Waals surface area contributed by atoms with Gasteiger partial charge in [0.15, 0.2) is 12.1 Å². The number of carbonyl (C=O) groups is 1. The van der Waals surface area contributed by atoms with E-state index in [0.717, 1.165) is 0 Å². The lowest BCUT2D eigenvalue weighted by molar-refractivity contribution is 0.101. The minimum atomic E-state index is -3.75. The van der Waals surface area contributed by atoms with Crippen LogP contribution >= 0.6 is 7.60 Å². The first-order valence-corrected chi connectivity index (χ1v) is 7.84. The van der Waals surface area contributed by atoms with Gasteiger partial charge in [-0.1, -0.05) is 6.92 Å². The summed E-state index contributed by atoms with van der Waals surface area (Å²) >= 11 is 0. The van der Waals surface area contributed by atoms with Crippen molar-refractivity contribution in [3.63, 3.8) is 0 Å². The molecule has 0 saturated carbocycles. The second kappa shape index (κ2) is 6.85. The van der Waals surface area contributed by atoms with Gasteiger partial charge >= 0.3 is 7.60 Å². The molecule has 0 saturated heterocycles. The highest BCUT2D eigenvalue weighted by molar-refractivity contribution is 7.52. The number of ketones is 1. The van der Waals surface area contributed by atoms with Gasteiger partial charge in [-0.15, -0.1) is 0 Å². The highest BCUT2D eigenvalue weighted by Gasteiger charge is 2.23. The molecule has 1 rings (SSSR count). The number of ether oxygens (including phenoxy) is 1. The third kappa shape index (κ3) is 5.55. The summed E-state index contributed by atoms with van der Waals surface area (Å²) in [5, 5.41) is 0. The van der Waals surface area contributed by atoms with Crippen molar-refractivity contribution in [2.45, 2.75) is 33.3 Å². The highest BCUT2D eigenvalue weighted by Crippen LogP contribution is 2.43. The van der Waals surface area contributed by atoms with Gasteiger partial charge in [0.2, 0.25) is 0 Å². The Hall–Kier alpha value is -1.16. The molecule has 0 aromatic heterocycles. The van der Waals surface area contributed by atoms with Crippen LogP contribution in [0.1, 0.15) is 37.6 Å². The number of benzene rings is 1. The summed E-state index contributed by atoms with van der Waals surface area (Å²) in [5.74, 6) is 0.381. The van der Waals surface area contributed by atoms with Gasteiger partial charge < -0.3 is 14.2 Å². The third-order valence-electron chi connectivity index (χ3n) is 2.57. The second-order valence-electron chi connectivity index (χ2n) is 4.32. The largest absolute Gasteiger partial charge is 0.481 e. The van der Waals surface area contributed by atoms with Crippen molar-refractivity contribution in [2.75, 3.05) is 6.35 Å². The molecule has 5 nitrogen and oxygen atoms in total. The topological polar surface area (TPSA) is 72.8 Å². The summed E-state index contributed by atoms with van der Waals surface area (Å²) in [7, 11) is -3.75. The van der Waals surface area contributed by atoms with Crippen molar-refractivity contribution in [3.05, 3.63) is 29.8 Å². The van der Waals surface area contributed by atoms with Crippen molar-refractivity contribution < 1.29 is 23.5 Å². The zero-order valence-corrected chi connectivity index (χ0v) is 12.2. The van der Waals surface area contributed by atoms with Crippen LogP contribution in [0.4, 0.5) is 0 Å². The van der Waals surface area contributed by atoms with Gasteiger partial charge in [-0.2, -0.15) is 0 Å². The predicted molar refractivity (Wildman–Crippen MR) is 72.6 cm³/mol. The molecule has 0 aliphatic rings. The second-order valence-corrected chi connectivity index (χ2v) is 6.06. The van der Waals surface area contributed by atoms with Gasteiger partial charge in [0.1, 0.15) is 5.75 Å². The number of rotatable bonds is 7. The van der Waals surface area contributed by atoms with Crippen molar-refractivity contribution in [1.29, 1.82) is 0 Å². The molecular formula is C13H19O5P. The van der Waals surface area contributed by atoms with Crippen molar-refractivity contribution in [1.82, 2.24) is 0 Å². The number of hydrogen-bond donors (Lipinski definition) is 1. The average molecular weight is 286 g/mol. The summed E-state index contributed by atoms with van der Waals surface area (Å²) in [4.78, 5) is 20.7. The lowest BCUT2D eigenvalue weighted by Gasteiger charge is -2.17. The van der Waals surface area contributed by atoms with E-state index in [-0.39, 0.29) is 11.9 Å². The Bertz CT molecular complexity index is 468. The van der Waals surface area contributed by atoms with Crippen molar-refractivity contribution in [3.8, 4) is 5.75 Å². The van der Waals surface area contributed by atoms with E-state index in [4.69, 9.17) is 9.26 Å². The molecule has 0 heterocycles.